The van der Waals surface area contributed by atoms with Crippen molar-refractivity contribution in [2.75, 3.05) is 33.5 Å². The largest absolute Gasteiger partial charge is 1.00 e. The molecular formula is C22H32BrNO6. The van der Waals surface area contributed by atoms with Crippen LogP contribution in [0.15, 0.2) is 30.3 Å². The molecule has 3 unspecified atom stereocenters. The van der Waals surface area contributed by atoms with Gasteiger partial charge in [0.25, 0.3) is 0 Å². The Morgan fingerprint density at radius 1 is 1.13 bits per heavy atom. The Morgan fingerprint density at radius 2 is 1.80 bits per heavy atom. The van der Waals surface area contributed by atoms with Gasteiger partial charge < -0.3 is 36.3 Å². The highest BCUT2D eigenvalue weighted by atomic mass is 79.9. The van der Waals surface area contributed by atoms with E-state index < -0.39 is 17.7 Å². The molecule has 30 heavy (non-hydrogen) atoms. The number of hydrogen-bond acceptors (Lipinski definition) is 6. The van der Waals surface area contributed by atoms with E-state index in [1.807, 2.05) is 25.2 Å². The van der Waals surface area contributed by atoms with Crippen LogP contribution in [0.3, 0.4) is 0 Å². The molecule has 1 aliphatic carbocycles. The molecule has 0 aromatic heterocycles. The zero-order valence-corrected chi connectivity index (χ0v) is 19.3. The lowest BCUT2D eigenvalue weighted by molar-refractivity contribution is -0.915. The number of rotatable bonds is 7. The maximum absolute atomic E-state index is 13.2. The number of aliphatic hydroxyl groups is 1. The molecule has 0 bridgehead atoms. The van der Waals surface area contributed by atoms with Crippen LogP contribution in [0.4, 0.5) is 4.79 Å². The molecular weight excluding hydrogens is 454 g/mol. The molecule has 168 valence electrons. The van der Waals surface area contributed by atoms with Crippen molar-refractivity contribution in [3.63, 3.8) is 0 Å². The highest BCUT2D eigenvalue weighted by molar-refractivity contribution is 5.81. The molecule has 3 rings (SSSR count). The number of esters is 1. The van der Waals surface area contributed by atoms with Gasteiger partial charge in [0, 0.05) is 12.3 Å². The fourth-order valence-electron chi connectivity index (χ4n) is 4.51. The minimum atomic E-state index is -1.62. The van der Waals surface area contributed by atoms with E-state index in [4.69, 9.17) is 14.2 Å². The number of nitrogens with zero attached hydrogens (tertiary/aromatic N) is 1. The maximum atomic E-state index is 13.2. The third-order valence-electron chi connectivity index (χ3n) is 6.14. The van der Waals surface area contributed by atoms with Gasteiger partial charge in [0.1, 0.15) is 6.54 Å². The first-order valence-electron chi connectivity index (χ1n) is 10.5. The number of ether oxygens (including phenoxy) is 3. The van der Waals surface area contributed by atoms with Gasteiger partial charge in [-0.1, -0.05) is 43.2 Å². The molecule has 3 atom stereocenters. The number of carbonyl (C=O) groups excluding carboxylic acids is 2. The molecule has 0 radical (unpaired) electrons. The van der Waals surface area contributed by atoms with Crippen LogP contribution in [0.5, 0.6) is 0 Å². The lowest BCUT2D eigenvalue weighted by atomic mass is 9.80. The molecule has 2 aliphatic rings. The Kier molecular flexibility index (Phi) is 8.70. The summed E-state index contributed by atoms with van der Waals surface area (Å²) in [5.74, 6) is -0.702. The molecule has 8 heteroatoms. The topological polar surface area (TPSA) is 82.1 Å². The SMILES string of the molecule is CCOC(=O)OC[N+]1(C)CCC(OC(=O)C(O)(c2ccccc2)C2CCCC2)C1.[Br-]. The highest BCUT2D eigenvalue weighted by Gasteiger charge is 2.49. The van der Waals surface area contributed by atoms with Gasteiger partial charge in [-0.15, -0.1) is 0 Å². The van der Waals surface area contributed by atoms with E-state index in [1.54, 1.807) is 19.1 Å². The van der Waals surface area contributed by atoms with E-state index in [1.165, 1.54) is 0 Å². The van der Waals surface area contributed by atoms with Crippen LogP contribution in [-0.2, 0) is 24.6 Å². The lowest BCUT2D eigenvalue weighted by Crippen LogP contribution is -3.00. The van der Waals surface area contributed by atoms with Gasteiger partial charge >= 0.3 is 12.1 Å². The second kappa shape index (κ2) is 10.6. The Hall–Kier alpha value is -1.64. The molecule has 1 saturated heterocycles. The Labute approximate surface area is 188 Å². The van der Waals surface area contributed by atoms with E-state index in [9.17, 15) is 14.7 Å². The standard InChI is InChI=1S/C22H32NO6.BrH/c1-3-27-21(25)28-16-23(2)14-13-19(15-23)29-20(24)22(26,18-11-7-8-12-18)17-9-5-4-6-10-17;/h4-6,9-10,18-19,26H,3,7-8,11-16H2,1-2H3;1H/q+1;/p-1. The summed E-state index contributed by atoms with van der Waals surface area (Å²) in [5.41, 5.74) is -1.02. The summed E-state index contributed by atoms with van der Waals surface area (Å²) in [6.45, 7) is 3.40. The summed E-state index contributed by atoms with van der Waals surface area (Å²) in [4.78, 5) is 24.6. The van der Waals surface area contributed by atoms with Gasteiger partial charge in [0.05, 0.1) is 20.2 Å². The number of likely N-dealkylation sites (tertiary alicyclic amines) is 1. The van der Waals surface area contributed by atoms with Gasteiger partial charge in [-0.2, -0.15) is 0 Å². The third-order valence-corrected chi connectivity index (χ3v) is 6.14. The number of hydrogen-bond donors (Lipinski definition) is 1. The second-order valence-electron chi connectivity index (χ2n) is 8.41. The van der Waals surface area contributed by atoms with Crippen molar-refractivity contribution in [2.45, 2.75) is 50.7 Å². The smallest absolute Gasteiger partial charge is 0.512 e. The van der Waals surface area contributed by atoms with Crippen molar-refractivity contribution in [1.82, 2.24) is 0 Å². The fourth-order valence-corrected chi connectivity index (χ4v) is 4.51. The molecule has 2 fully saturated rings. The number of benzene rings is 1. The van der Waals surface area contributed by atoms with Crippen molar-refractivity contribution in [3.05, 3.63) is 35.9 Å². The van der Waals surface area contributed by atoms with Crippen molar-refractivity contribution in [1.29, 1.82) is 0 Å². The zero-order chi connectivity index (χ0) is 20.9. The molecule has 1 heterocycles. The first-order valence-corrected chi connectivity index (χ1v) is 10.5. The summed E-state index contributed by atoms with van der Waals surface area (Å²) in [6.07, 6.45) is 3.29. The Morgan fingerprint density at radius 3 is 2.43 bits per heavy atom. The number of likely N-dealkylation sites (N-methyl/N-ethyl adjacent to an activating group) is 1. The summed E-state index contributed by atoms with van der Waals surface area (Å²) in [7, 11) is 1.95. The lowest BCUT2D eigenvalue weighted by Gasteiger charge is -2.33. The van der Waals surface area contributed by atoms with Gasteiger partial charge in [0.15, 0.2) is 11.7 Å². The van der Waals surface area contributed by atoms with Crippen LogP contribution in [0, 0.1) is 5.92 Å². The predicted octanol–water partition coefficient (Wildman–Crippen LogP) is -0.0389. The minimum absolute atomic E-state index is 0. The summed E-state index contributed by atoms with van der Waals surface area (Å²) < 4.78 is 16.2. The van der Waals surface area contributed by atoms with E-state index in [0.717, 1.165) is 25.7 Å². The van der Waals surface area contributed by atoms with Crippen molar-refractivity contribution in [2.24, 2.45) is 5.92 Å². The van der Waals surface area contributed by atoms with Crippen LogP contribution in [-0.4, -0.2) is 61.3 Å². The van der Waals surface area contributed by atoms with Crippen LogP contribution in [0.2, 0.25) is 0 Å². The molecule has 1 aromatic carbocycles. The monoisotopic (exact) mass is 485 g/mol. The third kappa shape index (κ3) is 5.53. The summed E-state index contributed by atoms with van der Waals surface area (Å²) in [6, 6.07) is 9.12. The van der Waals surface area contributed by atoms with Gasteiger partial charge in [0.2, 0.25) is 6.73 Å². The van der Waals surface area contributed by atoms with Crippen LogP contribution >= 0.6 is 0 Å². The molecule has 1 N–H and O–H groups in total. The van der Waals surface area contributed by atoms with Crippen molar-refractivity contribution in [3.8, 4) is 0 Å². The molecule has 1 aromatic rings. The molecule has 1 aliphatic heterocycles. The van der Waals surface area contributed by atoms with Crippen LogP contribution in [0.1, 0.15) is 44.6 Å². The normalized spacial score (nSPS) is 25.8. The predicted molar refractivity (Wildman–Crippen MR) is 106 cm³/mol. The van der Waals surface area contributed by atoms with Gasteiger partial charge in [-0.25, -0.2) is 9.59 Å². The van der Waals surface area contributed by atoms with E-state index in [-0.39, 0.29) is 42.3 Å². The Bertz CT molecular complexity index is 711. The molecule has 7 nitrogen and oxygen atoms in total. The van der Waals surface area contributed by atoms with Gasteiger partial charge in [-0.05, 0) is 25.3 Å². The minimum Gasteiger partial charge on any atom is -1.00 e. The number of halogens is 1. The number of carbonyl (C=O) groups is 2. The molecule has 0 spiro atoms. The first kappa shape index (κ1) is 24.6. The van der Waals surface area contributed by atoms with Crippen molar-refractivity contribution < 1.29 is 50.4 Å². The first-order chi connectivity index (χ1) is 13.9. The quantitative estimate of drug-likeness (QED) is 0.431. The fraction of sp³-hybridized carbons (Fsp3) is 0.636. The highest BCUT2D eigenvalue weighted by Crippen LogP contribution is 2.42. The zero-order valence-electron chi connectivity index (χ0n) is 17.7. The summed E-state index contributed by atoms with van der Waals surface area (Å²) in [5, 5.41) is 11.5. The Balaban J connectivity index is 0.00000320. The number of quaternary nitrogens is 1. The molecule has 1 saturated carbocycles. The van der Waals surface area contributed by atoms with Crippen LogP contribution < -0.4 is 17.0 Å². The second-order valence-corrected chi connectivity index (χ2v) is 8.41. The van der Waals surface area contributed by atoms with Crippen LogP contribution in [0.25, 0.3) is 0 Å². The van der Waals surface area contributed by atoms with Gasteiger partial charge in [-0.3, -0.25) is 4.48 Å². The van der Waals surface area contributed by atoms with Crippen molar-refractivity contribution >= 4 is 12.1 Å². The average Bonchev–Trinajstić information content (AvgIpc) is 3.38. The van der Waals surface area contributed by atoms with E-state index in [0.29, 0.717) is 29.6 Å². The summed E-state index contributed by atoms with van der Waals surface area (Å²) >= 11 is 0. The van der Waals surface area contributed by atoms with E-state index in [2.05, 4.69) is 0 Å². The molecule has 0 amide bonds. The average molecular weight is 486 g/mol. The van der Waals surface area contributed by atoms with E-state index >= 15 is 0 Å². The maximum Gasteiger partial charge on any atom is 0.512 e.